The number of aromatic amines is 1. The predicted octanol–water partition coefficient (Wildman–Crippen LogP) is 2.88. The van der Waals surface area contributed by atoms with E-state index in [9.17, 15) is 0 Å². The second-order valence-corrected chi connectivity index (χ2v) is 4.44. The molecule has 0 aliphatic heterocycles. The van der Waals surface area contributed by atoms with Crippen LogP contribution in [0.15, 0.2) is 30.6 Å². The van der Waals surface area contributed by atoms with Crippen molar-refractivity contribution in [2.75, 3.05) is 0 Å². The van der Waals surface area contributed by atoms with Crippen LogP contribution >= 0.6 is 0 Å². The Bertz CT molecular complexity index is 474. The van der Waals surface area contributed by atoms with E-state index >= 15 is 0 Å². The van der Waals surface area contributed by atoms with Crippen LogP contribution in [0, 0.1) is 13.8 Å². The molecule has 0 aliphatic carbocycles. The number of nitrogens with one attached hydrogen (secondary N) is 2. The zero-order chi connectivity index (χ0) is 12.3. The molecule has 1 aromatic carbocycles. The van der Waals surface area contributed by atoms with E-state index in [1.165, 1.54) is 16.7 Å². The van der Waals surface area contributed by atoms with Gasteiger partial charge in [-0.1, -0.05) is 18.2 Å². The Morgan fingerprint density at radius 2 is 2.18 bits per heavy atom. The minimum atomic E-state index is 0.241. The maximum Gasteiger partial charge on any atom is 0.122 e. The maximum atomic E-state index is 4.25. The van der Waals surface area contributed by atoms with Gasteiger partial charge in [0.05, 0.1) is 6.04 Å². The van der Waals surface area contributed by atoms with Crippen LogP contribution < -0.4 is 5.32 Å². The van der Waals surface area contributed by atoms with E-state index in [-0.39, 0.29) is 6.04 Å². The van der Waals surface area contributed by atoms with Gasteiger partial charge in [0.25, 0.3) is 0 Å². The molecular weight excluding hydrogens is 210 g/mol. The summed E-state index contributed by atoms with van der Waals surface area (Å²) in [5.41, 5.74) is 4.06. The van der Waals surface area contributed by atoms with Crippen molar-refractivity contribution in [3.8, 4) is 0 Å². The fraction of sp³-hybridized carbons (Fsp3) is 0.357. The molecule has 0 spiro atoms. The van der Waals surface area contributed by atoms with E-state index in [1.54, 1.807) is 6.20 Å². The van der Waals surface area contributed by atoms with E-state index in [0.717, 1.165) is 12.4 Å². The van der Waals surface area contributed by atoms with Crippen LogP contribution in [0.1, 0.15) is 35.5 Å². The maximum absolute atomic E-state index is 4.25. The van der Waals surface area contributed by atoms with Crippen molar-refractivity contribution >= 4 is 0 Å². The summed E-state index contributed by atoms with van der Waals surface area (Å²) in [6.45, 7) is 7.30. The van der Waals surface area contributed by atoms with Crippen molar-refractivity contribution < 1.29 is 0 Å². The largest absolute Gasteiger partial charge is 0.347 e. The average Bonchev–Trinajstić information content (AvgIpc) is 2.84. The molecule has 3 heteroatoms. The van der Waals surface area contributed by atoms with Crippen molar-refractivity contribution in [3.63, 3.8) is 0 Å². The smallest absolute Gasteiger partial charge is 0.122 e. The Labute approximate surface area is 102 Å². The molecule has 0 aliphatic rings. The monoisotopic (exact) mass is 229 g/mol. The number of hydrogen-bond donors (Lipinski definition) is 2. The van der Waals surface area contributed by atoms with Gasteiger partial charge >= 0.3 is 0 Å². The predicted molar refractivity (Wildman–Crippen MR) is 69.8 cm³/mol. The molecule has 0 radical (unpaired) electrons. The van der Waals surface area contributed by atoms with Crippen LogP contribution in [0.5, 0.6) is 0 Å². The van der Waals surface area contributed by atoms with Gasteiger partial charge in [0, 0.05) is 18.9 Å². The van der Waals surface area contributed by atoms with Crippen LogP contribution in [0.4, 0.5) is 0 Å². The fourth-order valence-corrected chi connectivity index (χ4v) is 1.88. The highest BCUT2D eigenvalue weighted by atomic mass is 15.0. The Morgan fingerprint density at radius 1 is 1.35 bits per heavy atom. The normalized spacial score (nSPS) is 12.6. The summed E-state index contributed by atoms with van der Waals surface area (Å²) >= 11 is 0. The van der Waals surface area contributed by atoms with E-state index in [1.807, 2.05) is 6.20 Å². The standard InChI is InChI=1S/C14H19N3/c1-10-5-4-6-13(11(10)2)9-17-12(3)14-15-7-8-16-14/h4-8,12,17H,9H2,1-3H3,(H,15,16). The quantitative estimate of drug-likeness (QED) is 0.846. The first-order chi connectivity index (χ1) is 8.18. The molecular formula is C14H19N3. The Hall–Kier alpha value is -1.61. The molecule has 17 heavy (non-hydrogen) atoms. The van der Waals surface area contributed by atoms with E-state index in [0.29, 0.717) is 0 Å². The average molecular weight is 229 g/mol. The minimum absolute atomic E-state index is 0.241. The second kappa shape index (κ2) is 5.15. The summed E-state index contributed by atoms with van der Waals surface area (Å²) in [5, 5.41) is 3.48. The van der Waals surface area contributed by atoms with Gasteiger partial charge in [0.2, 0.25) is 0 Å². The zero-order valence-electron chi connectivity index (χ0n) is 10.6. The van der Waals surface area contributed by atoms with Gasteiger partial charge in [0.1, 0.15) is 5.82 Å². The van der Waals surface area contributed by atoms with Crippen molar-refractivity contribution in [1.82, 2.24) is 15.3 Å². The molecule has 2 N–H and O–H groups in total. The first kappa shape index (κ1) is 11.9. The lowest BCUT2D eigenvalue weighted by atomic mass is 10.0. The summed E-state index contributed by atoms with van der Waals surface area (Å²) in [7, 11) is 0. The Balaban J connectivity index is 2.00. The first-order valence-corrected chi connectivity index (χ1v) is 5.96. The highest BCUT2D eigenvalue weighted by molar-refractivity contribution is 5.33. The van der Waals surface area contributed by atoms with Crippen molar-refractivity contribution in [2.24, 2.45) is 0 Å². The SMILES string of the molecule is Cc1cccc(CNC(C)c2ncc[nH]2)c1C. The molecule has 0 saturated heterocycles. The highest BCUT2D eigenvalue weighted by Crippen LogP contribution is 2.14. The number of benzene rings is 1. The molecule has 2 aromatic rings. The van der Waals surface area contributed by atoms with Gasteiger partial charge in [-0.25, -0.2) is 4.98 Å². The summed E-state index contributed by atoms with van der Waals surface area (Å²) in [6, 6.07) is 6.67. The number of aryl methyl sites for hydroxylation is 1. The molecule has 0 fully saturated rings. The molecule has 2 rings (SSSR count). The third kappa shape index (κ3) is 2.74. The first-order valence-electron chi connectivity index (χ1n) is 5.96. The van der Waals surface area contributed by atoms with E-state index in [4.69, 9.17) is 0 Å². The summed E-state index contributed by atoms with van der Waals surface area (Å²) < 4.78 is 0. The van der Waals surface area contributed by atoms with Crippen molar-refractivity contribution in [1.29, 1.82) is 0 Å². The van der Waals surface area contributed by atoms with Gasteiger partial charge in [0.15, 0.2) is 0 Å². The molecule has 1 atom stereocenters. The summed E-state index contributed by atoms with van der Waals surface area (Å²) in [6.07, 6.45) is 3.64. The molecule has 90 valence electrons. The van der Waals surface area contributed by atoms with Crippen LogP contribution in [-0.2, 0) is 6.54 Å². The Morgan fingerprint density at radius 3 is 2.88 bits per heavy atom. The highest BCUT2D eigenvalue weighted by Gasteiger charge is 2.07. The molecule has 1 unspecified atom stereocenters. The van der Waals surface area contributed by atoms with Crippen LogP contribution in [0.25, 0.3) is 0 Å². The number of nitrogens with zero attached hydrogens (tertiary/aromatic N) is 1. The lowest BCUT2D eigenvalue weighted by Crippen LogP contribution is -2.19. The summed E-state index contributed by atoms with van der Waals surface area (Å²) in [5.74, 6) is 0.982. The third-order valence-corrected chi connectivity index (χ3v) is 3.25. The van der Waals surface area contributed by atoms with Crippen LogP contribution in [0.2, 0.25) is 0 Å². The van der Waals surface area contributed by atoms with Crippen LogP contribution in [0.3, 0.4) is 0 Å². The molecule has 0 bridgehead atoms. The van der Waals surface area contributed by atoms with Gasteiger partial charge in [-0.2, -0.15) is 0 Å². The fourth-order valence-electron chi connectivity index (χ4n) is 1.88. The zero-order valence-corrected chi connectivity index (χ0v) is 10.6. The third-order valence-electron chi connectivity index (χ3n) is 3.25. The van der Waals surface area contributed by atoms with Crippen molar-refractivity contribution in [3.05, 3.63) is 53.1 Å². The summed E-state index contributed by atoms with van der Waals surface area (Å²) in [4.78, 5) is 7.38. The topological polar surface area (TPSA) is 40.7 Å². The van der Waals surface area contributed by atoms with Gasteiger partial charge in [-0.05, 0) is 37.5 Å². The molecule has 0 saturated carbocycles. The van der Waals surface area contributed by atoms with E-state index < -0.39 is 0 Å². The molecule has 1 aromatic heterocycles. The number of imidazole rings is 1. The second-order valence-electron chi connectivity index (χ2n) is 4.44. The molecule has 0 amide bonds. The number of hydrogen-bond acceptors (Lipinski definition) is 2. The number of H-pyrrole nitrogens is 1. The molecule has 3 nitrogen and oxygen atoms in total. The van der Waals surface area contributed by atoms with Crippen molar-refractivity contribution in [2.45, 2.75) is 33.4 Å². The number of aromatic nitrogens is 2. The van der Waals surface area contributed by atoms with E-state index in [2.05, 4.69) is 54.3 Å². The lowest BCUT2D eigenvalue weighted by Gasteiger charge is -2.14. The van der Waals surface area contributed by atoms with Crippen LogP contribution in [-0.4, -0.2) is 9.97 Å². The van der Waals surface area contributed by atoms with Gasteiger partial charge in [-0.15, -0.1) is 0 Å². The van der Waals surface area contributed by atoms with Gasteiger partial charge in [-0.3, -0.25) is 0 Å². The number of rotatable bonds is 4. The molecule has 1 heterocycles. The Kier molecular flexibility index (Phi) is 3.59. The van der Waals surface area contributed by atoms with Gasteiger partial charge < -0.3 is 10.3 Å². The lowest BCUT2D eigenvalue weighted by molar-refractivity contribution is 0.549. The minimum Gasteiger partial charge on any atom is -0.347 e.